The van der Waals surface area contributed by atoms with Gasteiger partial charge in [0.25, 0.3) is 0 Å². The Balaban J connectivity index is 1.47. The number of hydrogen-bond donors (Lipinski definition) is 0. The van der Waals surface area contributed by atoms with Crippen molar-refractivity contribution >= 4 is 5.65 Å². The molecule has 0 saturated heterocycles. The maximum absolute atomic E-state index is 4.66. The van der Waals surface area contributed by atoms with Crippen molar-refractivity contribution in [1.29, 1.82) is 0 Å². The Morgan fingerprint density at radius 2 is 1.72 bits per heavy atom. The molecule has 0 atom stereocenters. The fraction of sp³-hybridized carbons (Fsp3) is 0.231. The van der Waals surface area contributed by atoms with Crippen LogP contribution in [-0.2, 0) is 13.5 Å². The first-order valence-electron chi connectivity index (χ1n) is 10.9. The van der Waals surface area contributed by atoms with Gasteiger partial charge < -0.3 is 4.57 Å². The van der Waals surface area contributed by atoms with Gasteiger partial charge in [-0.1, -0.05) is 62.4 Å². The molecule has 160 valence electrons. The molecule has 0 N–H and O–H groups in total. The smallest absolute Gasteiger partial charge is 0.179 e. The minimum atomic E-state index is 0.421. The van der Waals surface area contributed by atoms with Crippen molar-refractivity contribution in [3.8, 4) is 22.6 Å². The van der Waals surface area contributed by atoms with Crippen molar-refractivity contribution in [2.45, 2.75) is 33.1 Å². The van der Waals surface area contributed by atoms with Gasteiger partial charge in [-0.25, -0.2) is 4.98 Å². The first-order chi connectivity index (χ1) is 15.5. The lowest BCUT2D eigenvalue weighted by molar-refractivity contribution is 0.867. The molecule has 32 heavy (non-hydrogen) atoms. The number of rotatable bonds is 5. The highest BCUT2D eigenvalue weighted by Crippen LogP contribution is 2.28. The highest BCUT2D eigenvalue weighted by molar-refractivity contribution is 5.65. The number of imidazole rings is 1. The molecule has 0 spiro atoms. The van der Waals surface area contributed by atoms with Gasteiger partial charge in [-0.3, -0.25) is 9.38 Å². The topological polar surface area (TPSA) is 60.9 Å². The summed E-state index contributed by atoms with van der Waals surface area (Å²) >= 11 is 0. The summed E-state index contributed by atoms with van der Waals surface area (Å²) in [5.74, 6) is 2.29. The van der Waals surface area contributed by atoms with Gasteiger partial charge in [0.15, 0.2) is 5.65 Å². The number of aryl methyl sites for hydroxylation is 2. The molecule has 6 heteroatoms. The molecule has 5 rings (SSSR count). The quantitative estimate of drug-likeness (QED) is 0.390. The maximum atomic E-state index is 4.66. The van der Waals surface area contributed by atoms with E-state index in [1.165, 1.54) is 11.1 Å². The molecule has 0 radical (unpaired) electrons. The van der Waals surface area contributed by atoms with Gasteiger partial charge in [-0.05, 0) is 24.0 Å². The van der Waals surface area contributed by atoms with Gasteiger partial charge in [-0.15, -0.1) is 10.2 Å². The minimum absolute atomic E-state index is 0.421. The molecule has 2 aromatic carbocycles. The second-order valence-corrected chi connectivity index (χ2v) is 8.55. The van der Waals surface area contributed by atoms with E-state index in [1.54, 1.807) is 6.20 Å². The van der Waals surface area contributed by atoms with E-state index >= 15 is 0 Å². The molecular weight excluding hydrogens is 396 g/mol. The van der Waals surface area contributed by atoms with Crippen LogP contribution in [0.3, 0.4) is 0 Å². The largest absolute Gasteiger partial charge is 0.334 e. The first kappa shape index (κ1) is 20.1. The van der Waals surface area contributed by atoms with Gasteiger partial charge in [0.1, 0.15) is 11.6 Å². The van der Waals surface area contributed by atoms with Gasteiger partial charge >= 0.3 is 0 Å². The third-order valence-electron chi connectivity index (χ3n) is 5.79. The van der Waals surface area contributed by atoms with E-state index in [0.29, 0.717) is 12.3 Å². The van der Waals surface area contributed by atoms with Crippen LogP contribution < -0.4 is 0 Å². The molecule has 0 amide bonds. The van der Waals surface area contributed by atoms with Crippen molar-refractivity contribution in [1.82, 2.24) is 29.1 Å². The summed E-state index contributed by atoms with van der Waals surface area (Å²) in [4.78, 5) is 9.28. The van der Waals surface area contributed by atoms with Crippen molar-refractivity contribution in [3.63, 3.8) is 0 Å². The van der Waals surface area contributed by atoms with Crippen LogP contribution in [0.5, 0.6) is 0 Å². The Hall–Kier alpha value is -3.80. The lowest BCUT2D eigenvalue weighted by atomic mass is 9.95. The standard InChI is InChI=1S/C26H26N6/c1-17(2)21-7-5-6-8-22(21)23-16-32-24(29-30-25(32)14-27-23)13-19-9-11-20(12-10-19)26-28-18(3)15-31(26)4/h5-12,14-17H,13H2,1-4H3. The minimum Gasteiger partial charge on any atom is -0.334 e. The summed E-state index contributed by atoms with van der Waals surface area (Å²) in [7, 11) is 2.02. The molecule has 6 nitrogen and oxygen atoms in total. The molecule has 0 bridgehead atoms. The second kappa shape index (κ2) is 8.04. The Kier molecular flexibility index (Phi) is 5.05. The highest BCUT2D eigenvalue weighted by Gasteiger charge is 2.13. The van der Waals surface area contributed by atoms with Crippen molar-refractivity contribution in [2.24, 2.45) is 7.05 Å². The summed E-state index contributed by atoms with van der Waals surface area (Å²) in [5.41, 5.74) is 7.43. The van der Waals surface area contributed by atoms with Crippen LogP contribution in [0, 0.1) is 6.92 Å². The summed E-state index contributed by atoms with van der Waals surface area (Å²) in [6.45, 7) is 6.42. The zero-order chi connectivity index (χ0) is 22.2. The fourth-order valence-electron chi connectivity index (χ4n) is 4.18. The molecule has 3 aromatic heterocycles. The Morgan fingerprint density at radius 1 is 0.938 bits per heavy atom. The van der Waals surface area contributed by atoms with E-state index in [9.17, 15) is 0 Å². The Morgan fingerprint density at radius 3 is 2.44 bits per heavy atom. The maximum Gasteiger partial charge on any atom is 0.179 e. The van der Waals surface area contributed by atoms with E-state index in [0.717, 1.165) is 39.8 Å². The second-order valence-electron chi connectivity index (χ2n) is 8.55. The zero-order valence-corrected chi connectivity index (χ0v) is 18.8. The number of benzene rings is 2. The van der Waals surface area contributed by atoms with Crippen LogP contribution in [0.1, 0.15) is 42.4 Å². The lowest BCUT2D eigenvalue weighted by Crippen LogP contribution is -2.00. The average molecular weight is 423 g/mol. The van der Waals surface area contributed by atoms with Crippen molar-refractivity contribution in [2.75, 3.05) is 0 Å². The molecule has 0 unspecified atom stereocenters. The summed E-state index contributed by atoms with van der Waals surface area (Å²) in [5, 5.41) is 8.76. The van der Waals surface area contributed by atoms with Gasteiger partial charge in [0, 0.05) is 37.0 Å². The molecule has 0 aliphatic carbocycles. The highest BCUT2D eigenvalue weighted by atomic mass is 15.2. The molecule has 0 aliphatic rings. The third-order valence-corrected chi connectivity index (χ3v) is 5.79. The number of aromatic nitrogens is 6. The van der Waals surface area contributed by atoms with Crippen LogP contribution in [0.25, 0.3) is 28.3 Å². The molecule has 3 heterocycles. The van der Waals surface area contributed by atoms with E-state index in [1.807, 2.05) is 20.2 Å². The van der Waals surface area contributed by atoms with Gasteiger partial charge in [-0.2, -0.15) is 0 Å². The molecule has 0 aliphatic heterocycles. The van der Waals surface area contributed by atoms with Gasteiger partial charge in [0.2, 0.25) is 0 Å². The third kappa shape index (κ3) is 3.68. The van der Waals surface area contributed by atoms with Crippen LogP contribution in [0.4, 0.5) is 0 Å². The average Bonchev–Trinajstić information content (AvgIpc) is 3.36. The number of nitrogens with zero attached hydrogens (tertiary/aromatic N) is 6. The molecule has 0 saturated carbocycles. The molecule has 5 aromatic rings. The predicted molar refractivity (Wildman–Crippen MR) is 126 cm³/mol. The number of fused-ring (bicyclic) bond motifs is 1. The fourth-order valence-corrected chi connectivity index (χ4v) is 4.18. The van der Waals surface area contributed by atoms with Crippen LogP contribution >= 0.6 is 0 Å². The van der Waals surface area contributed by atoms with E-state index < -0.39 is 0 Å². The summed E-state index contributed by atoms with van der Waals surface area (Å²) < 4.78 is 4.11. The van der Waals surface area contributed by atoms with Crippen LogP contribution in [0.15, 0.2) is 67.1 Å². The first-order valence-corrected chi connectivity index (χ1v) is 10.9. The van der Waals surface area contributed by atoms with Crippen molar-refractivity contribution < 1.29 is 0 Å². The Labute approximate surface area is 187 Å². The summed E-state index contributed by atoms with van der Waals surface area (Å²) in [6.07, 6.45) is 6.58. The SMILES string of the molecule is Cc1cn(C)c(-c2ccc(Cc3nnc4cnc(-c5ccccc5C(C)C)cn34)cc2)n1. The molecular formula is C26H26N6. The normalized spacial score (nSPS) is 11.5. The number of hydrogen-bond acceptors (Lipinski definition) is 4. The van der Waals surface area contributed by atoms with Gasteiger partial charge in [0.05, 0.1) is 17.6 Å². The Bertz CT molecular complexity index is 1390. The zero-order valence-electron chi connectivity index (χ0n) is 18.8. The van der Waals surface area contributed by atoms with Crippen LogP contribution in [0.2, 0.25) is 0 Å². The van der Waals surface area contributed by atoms with E-state index in [-0.39, 0.29) is 0 Å². The lowest BCUT2D eigenvalue weighted by Gasteiger charge is -2.12. The van der Waals surface area contributed by atoms with Crippen LogP contribution in [-0.4, -0.2) is 29.1 Å². The molecule has 0 fully saturated rings. The predicted octanol–water partition coefficient (Wildman–Crippen LogP) is 5.21. The summed E-state index contributed by atoms with van der Waals surface area (Å²) in [6, 6.07) is 16.9. The van der Waals surface area contributed by atoms with Crippen molar-refractivity contribution in [3.05, 3.63) is 89.8 Å². The van der Waals surface area contributed by atoms with E-state index in [4.69, 9.17) is 0 Å². The van der Waals surface area contributed by atoms with E-state index in [2.05, 4.69) is 97.7 Å². The monoisotopic (exact) mass is 422 g/mol.